The summed E-state index contributed by atoms with van der Waals surface area (Å²) in [6, 6.07) is 13.9. The highest BCUT2D eigenvalue weighted by atomic mass is 16.6. The van der Waals surface area contributed by atoms with Crippen molar-refractivity contribution in [2.24, 2.45) is 0 Å². The van der Waals surface area contributed by atoms with E-state index in [-0.39, 0.29) is 18.3 Å². The number of aliphatic hydroxyl groups is 1. The highest BCUT2D eigenvalue weighted by molar-refractivity contribution is 5.52. The Balaban J connectivity index is 2.15. The van der Waals surface area contributed by atoms with E-state index >= 15 is 0 Å². The van der Waals surface area contributed by atoms with Crippen molar-refractivity contribution in [3.63, 3.8) is 0 Å². The topological polar surface area (TPSA) is 75.4 Å². The summed E-state index contributed by atoms with van der Waals surface area (Å²) in [6.45, 7) is 1.94. The fraction of sp³-hybridized carbons (Fsp3) is 0.200. The molecule has 2 aromatic carbocycles. The van der Waals surface area contributed by atoms with Crippen LogP contribution in [0.1, 0.15) is 24.1 Å². The monoisotopic (exact) mass is 272 g/mol. The van der Waals surface area contributed by atoms with Crippen LogP contribution in [0.25, 0.3) is 0 Å². The maximum atomic E-state index is 10.6. The van der Waals surface area contributed by atoms with Crippen molar-refractivity contribution in [1.29, 1.82) is 0 Å². The maximum Gasteiger partial charge on any atom is 0.269 e. The van der Waals surface area contributed by atoms with Gasteiger partial charge in [-0.25, -0.2) is 0 Å². The molecule has 0 aliphatic rings. The third-order valence-electron chi connectivity index (χ3n) is 3.16. The molecule has 2 N–H and O–H groups in total. The molecular weight excluding hydrogens is 256 g/mol. The fourth-order valence-corrected chi connectivity index (χ4v) is 2.00. The minimum atomic E-state index is -0.414. The van der Waals surface area contributed by atoms with Gasteiger partial charge in [0.05, 0.1) is 11.5 Å². The number of hydrogen-bond donors (Lipinski definition) is 2. The molecular formula is C15H16N2O3. The molecule has 0 spiro atoms. The van der Waals surface area contributed by atoms with Crippen molar-refractivity contribution in [1.82, 2.24) is 0 Å². The Labute approximate surface area is 117 Å². The largest absolute Gasteiger partial charge is 0.392 e. The Hall–Kier alpha value is -2.40. The van der Waals surface area contributed by atoms with Crippen molar-refractivity contribution < 1.29 is 10.0 Å². The first-order chi connectivity index (χ1) is 9.61. The van der Waals surface area contributed by atoms with Gasteiger partial charge in [0.2, 0.25) is 0 Å². The normalized spacial score (nSPS) is 11.9. The second kappa shape index (κ2) is 6.16. The summed E-state index contributed by atoms with van der Waals surface area (Å²) in [5, 5.41) is 23.2. The first kappa shape index (κ1) is 14.0. The van der Waals surface area contributed by atoms with E-state index < -0.39 is 4.92 Å². The number of non-ortho nitro benzene ring substituents is 1. The number of aliphatic hydroxyl groups excluding tert-OH is 1. The lowest BCUT2D eigenvalue weighted by Gasteiger charge is -2.17. The van der Waals surface area contributed by atoms with Crippen LogP contribution < -0.4 is 5.32 Å². The van der Waals surface area contributed by atoms with Crippen LogP contribution >= 0.6 is 0 Å². The van der Waals surface area contributed by atoms with Crippen LogP contribution in [0, 0.1) is 10.1 Å². The molecule has 20 heavy (non-hydrogen) atoms. The van der Waals surface area contributed by atoms with Crippen molar-refractivity contribution in [3.05, 3.63) is 69.8 Å². The summed E-state index contributed by atoms with van der Waals surface area (Å²) in [5.41, 5.74) is 2.71. The van der Waals surface area contributed by atoms with Gasteiger partial charge in [0, 0.05) is 29.4 Å². The molecule has 0 radical (unpaired) electrons. The Bertz CT molecular complexity index is 596. The van der Waals surface area contributed by atoms with Gasteiger partial charge in [-0.3, -0.25) is 10.1 Å². The van der Waals surface area contributed by atoms with Crippen LogP contribution in [0.2, 0.25) is 0 Å². The molecule has 0 fully saturated rings. The van der Waals surface area contributed by atoms with Crippen LogP contribution in [0.4, 0.5) is 11.4 Å². The van der Waals surface area contributed by atoms with Crippen molar-refractivity contribution >= 4 is 11.4 Å². The Morgan fingerprint density at radius 3 is 2.45 bits per heavy atom. The molecule has 2 rings (SSSR count). The van der Waals surface area contributed by atoms with Gasteiger partial charge in [-0.15, -0.1) is 0 Å². The van der Waals surface area contributed by atoms with E-state index in [1.807, 2.05) is 31.2 Å². The van der Waals surface area contributed by atoms with Crippen molar-refractivity contribution in [3.8, 4) is 0 Å². The average molecular weight is 272 g/mol. The third kappa shape index (κ3) is 3.13. The first-order valence-corrected chi connectivity index (χ1v) is 6.31. The van der Waals surface area contributed by atoms with E-state index in [2.05, 4.69) is 5.32 Å². The number of nitrogens with one attached hydrogen (secondary N) is 1. The number of hydrogen-bond acceptors (Lipinski definition) is 4. The molecule has 104 valence electrons. The van der Waals surface area contributed by atoms with E-state index in [9.17, 15) is 15.2 Å². The lowest BCUT2D eigenvalue weighted by molar-refractivity contribution is -0.384. The minimum Gasteiger partial charge on any atom is -0.392 e. The van der Waals surface area contributed by atoms with Crippen molar-refractivity contribution in [2.75, 3.05) is 5.32 Å². The molecule has 2 aromatic rings. The highest BCUT2D eigenvalue weighted by Crippen LogP contribution is 2.23. The van der Waals surface area contributed by atoms with Crippen LogP contribution in [-0.4, -0.2) is 10.0 Å². The van der Waals surface area contributed by atoms with E-state index in [0.717, 1.165) is 16.8 Å². The molecule has 0 heterocycles. The van der Waals surface area contributed by atoms with Gasteiger partial charge >= 0.3 is 0 Å². The van der Waals surface area contributed by atoms with Gasteiger partial charge in [0.25, 0.3) is 5.69 Å². The summed E-state index contributed by atoms with van der Waals surface area (Å²) in [6.07, 6.45) is 0. The molecule has 5 nitrogen and oxygen atoms in total. The van der Waals surface area contributed by atoms with Gasteiger partial charge in [-0.1, -0.05) is 30.3 Å². The Morgan fingerprint density at radius 1 is 1.20 bits per heavy atom. The van der Waals surface area contributed by atoms with Gasteiger partial charge in [-0.2, -0.15) is 0 Å². The number of nitrogens with zero attached hydrogens (tertiary/aromatic N) is 1. The lowest BCUT2D eigenvalue weighted by atomic mass is 10.1. The number of para-hydroxylation sites is 1. The lowest BCUT2D eigenvalue weighted by Crippen LogP contribution is -2.08. The molecule has 0 bridgehead atoms. The zero-order chi connectivity index (χ0) is 14.5. The zero-order valence-corrected chi connectivity index (χ0v) is 11.1. The van der Waals surface area contributed by atoms with Crippen LogP contribution in [0.3, 0.4) is 0 Å². The predicted molar refractivity (Wildman–Crippen MR) is 77.5 cm³/mol. The van der Waals surface area contributed by atoms with Crippen molar-refractivity contribution in [2.45, 2.75) is 19.6 Å². The average Bonchev–Trinajstić information content (AvgIpc) is 2.48. The summed E-state index contributed by atoms with van der Waals surface area (Å²) in [5.74, 6) is 0. The molecule has 0 amide bonds. The minimum absolute atomic E-state index is 0.0106. The van der Waals surface area contributed by atoms with Gasteiger partial charge < -0.3 is 10.4 Å². The maximum absolute atomic E-state index is 10.6. The third-order valence-corrected chi connectivity index (χ3v) is 3.16. The molecule has 0 aromatic heterocycles. The van der Waals surface area contributed by atoms with Gasteiger partial charge in [-0.05, 0) is 18.6 Å². The second-order valence-electron chi connectivity index (χ2n) is 4.53. The first-order valence-electron chi connectivity index (χ1n) is 6.31. The SMILES string of the molecule is CC(Nc1ccccc1CO)c1ccc([N+](=O)[O-])cc1. The van der Waals surface area contributed by atoms with Crippen LogP contribution in [-0.2, 0) is 6.61 Å². The smallest absolute Gasteiger partial charge is 0.269 e. The van der Waals surface area contributed by atoms with Crippen LogP contribution in [0.5, 0.6) is 0 Å². The quantitative estimate of drug-likeness (QED) is 0.647. The Kier molecular flexibility index (Phi) is 4.32. The fourth-order valence-electron chi connectivity index (χ4n) is 2.00. The summed E-state index contributed by atoms with van der Waals surface area (Å²) < 4.78 is 0. The van der Waals surface area contributed by atoms with E-state index in [1.165, 1.54) is 12.1 Å². The van der Waals surface area contributed by atoms with Gasteiger partial charge in [0.15, 0.2) is 0 Å². The number of anilines is 1. The molecule has 1 unspecified atom stereocenters. The number of benzene rings is 2. The number of nitro benzene ring substituents is 1. The van der Waals surface area contributed by atoms with E-state index in [1.54, 1.807) is 12.1 Å². The Morgan fingerprint density at radius 2 is 1.85 bits per heavy atom. The molecule has 0 aliphatic carbocycles. The van der Waals surface area contributed by atoms with Crippen LogP contribution in [0.15, 0.2) is 48.5 Å². The number of rotatable bonds is 5. The summed E-state index contributed by atoms with van der Waals surface area (Å²) in [7, 11) is 0. The predicted octanol–water partition coefficient (Wildman–Crippen LogP) is 3.26. The molecule has 0 saturated heterocycles. The standard InChI is InChI=1S/C15H16N2O3/c1-11(12-6-8-14(9-7-12)17(19)20)16-15-5-3-2-4-13(15)10-18/h2-9,11,16,18H,10H2,1H3. The zero-order valence-electron chi connectivity index (χ0n) is 11.1. The summed E-state index contributed by atoms with van der Waals surface area (Å²) in [4.78, 5) is 10.2. The van der Waals surface area contributed by atoms with E-state index in [4.69, 9.17) is 0 Å². The summed E-state index contributed by atoms with van der Waals surface area (Å²) >= 11 is 0. The molecule has 0 saturated carbocycles. The number of nitro groups is 1. The molecule has 5 heteroatoms. The van der Waals surface area contributed by atoms with E-state index in [0.29, 0.717) is 0 Å². The molecule has 0 aliphatic heterocycles. The second-order valence-corrected chi connectivity index (χ2v) is 4.53. The molecule has 1 atom stereocenters. The highest BCUT2D eigenvalue weighted by Gasteiger charge is 2.10. The van der Waals surface area contributed by atoms with Gasteiger partial charge in [0.1, 0.15) is 0 Å².